The monoisotopic (exact) mass is 266 g/mol. The zero-order chi connectivity index (χ0) is 10.8. The summed E-state index contributed by atoms with van der Waals surface area (Å²) in [6.07, 6.45) is 5.24. The molecular weight excluding hydrogens is 248 g/mol. The van der Waals surface area contributed by atoms with Gasteiger partial charge in [0.1, 0.15) is 0 Å². The number of carbonyl (C=O) groups excluding carboxylic acids is 1. The Morgan fingerprint density at radius 2 is 1.86 bits per heavy atom. The number of hydrogen-bond acceptors (Lipinski definition) is 3. The Hall–Kier alpha value is -0.0900. The quantitative estimate of drug-likeness (QED) is 0.318. The minimum atomic E-state index is -0.913. The van der Waals surface area contributed by atoms with Gasteiger partial charge in [-0.05, 0) is 12.8 Å². The van der Waals surface area contributed by atoms with Gasteiger partial charge in [0.15, 0.2) is 0 Å². The topological polar surface area (TPSA) is 46.5 Å². The van der Waals surface area contributed by atoms with Gasteiger partial charge >= 0.3 is 5.97 Å². The average molecular weight is 267 g/mol. The van der Waals surface area contributed by atoms with E-state index in [0.717, 1.165) is 18.2 Å². The van der Waals surface area contributed by atoms with E-state index < -0.39 is 12.3 Å². The summed E-state index contributed by atoms with van der Waals surface area (Å²) in [4.78, 5) is 10.4. The van der Waals surface area contributed by atoms with Gasteiger partial charge in [0.05, 0.1) is 0 Å². The van der Waals surface area contributed by atoms with Crippen LogP contribution in [0.3, 0.4) is 0 Å². The Bertz CT molecular complexity index is 150. The maximum atomic E-state index is 10.4. The fourth-order valence-corrected chi connectivity index (χ4v) is 1.59. The van der Waals surface area contributed by atoms with Crippen LogP contribution in [0.4, 0.5) is 0 Å². The molecule has 0 amide bonds. The molecule has 84 valence electrons. The van der Waals surface area contributed by atoms with Crippen molar-refractivity contribution >= 4 is 21.9 Å². The van der Waals surface area contributed by atoms with Crippen LogP contribution < -0.4 is 0 Å². The van der Waals surface area contributed by atoms with E-state index in [0.29, 0.717) is 6.42 Å². The molecule has 14 heavy (non-hydrogen) atoms. The minimum Gasteiger partial charge on any atom is -0.436 e. The number of aliphatic hydroxyl groups excluding tert-OH is 1. The van der Waals surface area contributed by atoms with E-state index >= 15 is 0 Å². The van der Waals surface area contributed by atoms with Crippen molar-refractivity contribution in [2.75, 3.05) is 5.33 Å². The van der Waals surface area contributed by atoms with E-state index in [1.165, 1.54) is 26.2 Å². The van der Waals surface area contributed by atoms with E-state index in [1.807, 2.05) is 0 Å². The van der Waals surface area contributed by atoms with Gasteiger partial charge in [-0.3, -0.25) is 4.79 Å². The summed E-state index contributed by atoms with van der Waals surface area (Å²) >= 11 is 3.37. The van der Waals surface area contributed by atoms with E-state index in [-0.39, 0.29) is 0 Å². The van der Waals surface area contributed by atoms with Crippen LogP contribution in [-0.4, -0.2) is 22.7 Å². The van der Waals surface area contributed by atoms with Crippen LogP contribution in [0.2, 0.25) is 0 Å². The molecule has 0 aromatic rings. The van der Waals surface area contributed by atoms with Gasteiger partial charge in [0.25, 0.3) is 0 Å². The number of alkyl halides is 1. The van der Waals surface area contributed by atoms with Crippen molar-refractivity contribution in [1.29, 1.82) is 0 Å². The third-order valence-corrected chi connectivity index (χ3v) is 2.45. The number of esters is 1. The predicted octanol–water partition coefficient (Wildman–Crippen LogP) is 2.60. The molecule has 0 bridgehead atoms. The zero-order valence-corrected chi connectivity index (χ0v) is 10.3. The summed E-state index contributed by atoms with van der Waals surface area (Å²) in [5, 5.41) is 10.2. The van der Waals surface area contributed by atoms with Gasteiger partial charge in [0, 0.05) is 18.7 Å². The first-order chi connectivity index (χ1) is 6.66. The van der Waals surface area contributed by atoms with E-state index in [1.54, 1.807) is 0 Å². The lowest BCUT2D eigenvalue weighted by atomic mass is 10.1. The Labute approximate surface area is 94.0 Å². The van der Waals surface area contributed by atoms with Crippen LogP contribution in [-0.2, 0) is 9.53 Å². The van der Waals surface area contributed by atoms with Gasteiger partial charge in [0.2, 0.25) is 6.29 Å². The second-order valence-corrected chi connectivity index (χ2v) is 4.10. The van der Waals surface area contributed by atoms with Gasteiger partial charge in [-0.15, -0.1) is 0 Å². The molecule has 0 aromatic carbocycles. The molecule has 0 radical (unpaired) electrons. The molecule has 1 unspecified atom stereocenters. The highest BCUT2D eigenvalue weighted by atomic mass is 79.9. The third kappa shape index (κ3) is 9.99. The van der Waals surface area contributed by atoms with Crippen molar-refractivity contribution in [2.45, 2.75) is 51.7 Å². The first-order valence-corrected chi connectivity index (χ1v) is 6.20. The SMILES string of the molecule is CC(=O)OC(O)CCCCCCCBr. The van der Waals surface area contributed by atoms with Crippen molar-refractivity contribution in [2.24, 2.45) is 0 Å². The second kappa shape index (κ2) is 9.46. The number of aliphatic hydroxyl groups is 1. The lowest BCUT2D eigenvalue weighted by Crippen LogP contribution is -2.14. The molecule has 1 atom stereocenters. The van der Waals surface area contributed by atoms with Crippen LogP contribution >= 0.6 is 15.9 Å². The standard InChI is InChI=1S/C10H19BrO3/c1-9(12)14-10(13)7-5-3-2-4-6-8-11/h10,13H,2-8H2,1H3. The highest BCUT2D eigenvalue weighted by Crippen LogP contribution is 2.08. The molecule has 3 nitrogen and oxygen atoms in total. The van der Waals surface area contributed by atoms with Gasteiger partial charge in [-0.1, -0.05) is 35.2 Å². The molecule has 0 heterocycles. The van der Waals surface area contributed by atoms with Crippen molar-refractivity contribution < 1.29 is 14.6 Å². The second-order valence-electron chi connectivity index (χ2n) is 3.31. The van der Waals surface area contributed by atoms with Crippen LogP contribution in [0.15, 0.2) is 0 Å². The minimum absolute atomic E-state index is 0.420. The van der Waals surface area contributed by atoms with Crippen LogP contribution in [0, 0.1) is 0 Å². The highest BCUT2D eigenvalue weighted by molar-refractivity contribution is 9.09. The molecule has 0 rings (SSSR count). The molecule has 0 spiro atoms. The van der Waals surface area contributed by atoms with Crippen molar-refractivity contribution in [3.63, 3.8) is 0 Å². The number of ether oxygens (including phenoxy) is 1. The first-order valence-electron chi connectivity index (χ1n) is 5.08. The molecular formula is C10H19BrO3. The van der Waals surface area contributed by atoms with Gasteiger partial charge in [-0.2, -0.15) is 0 Å². The molecule has 0 aliphatic rings. The summed E-state index contributed by atoms with van der Waals surface area (Å²) in [5.41, 5.74) is 0. The number of carbonyl (C=O) groups is 1. The molecule has 0 saturated heterocycles. The Balaban J connectivity index is 3.14. The summed E-state index contributed by atoms with van der Waals surface area (Å²) < 4.78 is 4.59. The lowest BCUT2D eigenvalue weighted by Gasteiger charge is -2.09. The van der Waals surface area contributed by atoms with E-state index in [4.69, 9.17) is 0 Å². The Morgan fingerprint density at radius 3 is 2.43 bits per heavy atom. The molecule has 0 fully saturated rings. The molecule has 1 N–H and O–H groups in total. The largest absolute Gasteiger partial charge is 0.436 e. The number of rotatable bonds is 8. The maximum Gasteiger partial charge on any atom is 0.304 e. The maximum absolute atomic E-state index is 10.4. The van der Waals surface area contributed by atoms with Crippen molar-refractivity contribution in [3.05, 3.63) is 0 Å². The Kier molecular flexibility index (Phi) is 9.40. The predicted molar refractivity (Wildman–Crippen MR) is 59.3 cm³/mol. The molecule has 4 heteroatoms. The third-order valence-electron chi connectivity index (χ3n) is 1.89. The van der Waals surface area contributed by atoms with E-state index in [2.05, 4.69) is 20.7 Å². The molecule has 0 aromatic heterocycles. The summed E-state index contributed by atoms with van der Waals surface area (Å²) in [6.45, 7) is 1.30. The van der Waals surface area contributed by atoms with Gasteiger partial charge < -0.3 is 9.84 Å². The summed E-state index contributed by atoms with van der Waals surface area (Å²) in [6, 6.07) is 0. The first kappa shape index (κ1) is 13.9. The zero-order valence-electron chi connectivity index (χ0n) is 8.67. The van der Waals surface area contributed by atoms with E-state index in [9.17, 15) is 9.90 Å². The average Bonchev–Trinajstić information content (AvgIpc) is 2.10. The fraction of sp³-hybridized carbons (Fsp3) is 0.900. The normalized spacial score (nSPS) is 12.5. The van der Waals surface area contributed by atoms with Crippen molar-refractivity contribution in [3.8, 4) is 0 Å². The molecule has 0 aliphatic carbocycles. The summed E-state index contributed by atoms with van der Waals surface area (Å²) in [5.74, 6) is -0.420. The van der Waals surface area contributed by atoms with Crippen LogP contribution in [0.1, 0.15) is 45.4 Å². The Morgan fingerprint density at radius 1 is 1.29 bits per heavy atom. The van der Waals surface area contributed by atoms with Crippen molar-refractivity contribution in [1.82, 2.24) is 0 Å². The fourth-order valence-electron chi connectivity index (χ4n) is 1.19. The molecule has 0 aliphatic heterocycles. The van der Waals surface area contributed by atoms with Crippen LogP contribution in [0.5, 0.6) is 0 Å². The lowest BCUT2D eigenvalue weighted by molar-refractivity contribution is -0.165. The molecule has 0 saturated carbocycles. The number of halogens is 1. The number of unbranched alkanes of at least 4 members (excludes halogenated alkanes) is 4. The summed E-state index contributed by atoms with van der Waals surface area (Å²) in [7, 11) is 0. The van der Waals surface area contributed by atoms with Gasteiger partial charge in [-0.25, -0.2) is 0 Å². The number of hydrogen-bond donors (Lipinski definition) is 1. The van der Waals surface area contributed by atoms with Crippen LogP contribution in [0.25, 0.3) is 0 Å². The smallest absolute Gasteiger partial charge is 0.304 e. The highest BCUT2D eigenvalue weighted by Gasteiger charge is 2.05.